The molecule has 5 heterocycles. The number of benzene rings is 2. The highest BCUT2D eigenvalue weighted by Gasteiger charge is 2.49. The van der Waals surface area contributed by atoms with Gasteiger partial charge in [-0.15, -0.1) is 0 Å². The molecule has 3 aliphatic heterocycles. The number of piperazine rings is 1. The monoisotopic (exact) mass is 656 g/mol. The van der Waals surface area contributed by atoms with Gasteiger partial charge < -0.3 is 25.0 Å². The van der Waals surface area contributed by atoms with Crippen molar-refractivity contribution in [1.82, 2.24) is 25.2 Å². The topological polar surface area (TPSA) is 86.6 Å². The Kier molecular flexibility index (Phi) is 7.94. The summed E-state index contributed by atoms with van der Waals surface area (Å²) in [5, 5.41) is 15.9. The van der Waals surface area contributed by atoms with E-state index < -0.39 is 11.6 Å². The van der Waals surface area contributed by atoms with Gasteiger partial charge in [-0.3, -0.25) is 0 Å². The lowest BCUT2D eigenvalue weighted by Gasteiger charge is -2.36. The summed E-state index contributed by atoms with van der Waals surface area (Å²) in [6.07, 6.45) is 9.09. The van der Waals surface area contributed by atoms with Gasteiger partial charge in [-0.05, 0) is 111 Å². The van der Waals surface area contributed by atoms with Crippen molar-refractivity contribution in [2.24, 2.45) is 10.8 Å². The number of rotatable bonds is 6. The molecular formula is C38H46F2N6O2. The SMILES string of the molecule is CC.Cc1c(F)ccc2cc(O)cc(-c3nc4c5c(nc(OCC6(CN7CCC8(CC7)CC8)CC6)nc5c3F)N3CCNCC3CC4)c12. The van der Waals surface area contributed by atoms with Gasteiger partial charge >= 0.3 is 6.01 Å². The number of nitrogens with one attached hydrogen (secondary N) is 1. The summed E-state index contributed by atoms with van der Waals surface area (Å²) >= 11 is 0. The lowest BCUT2D eigenvalue weighted by molar-refractivity contribution is 0.115. The van der Waals surface area contributed by atoms with Crippen molar-refractivity contribution in [2.45, 2.75) is 78.2 Å². The second-order valence-electron chi connectivity index (χ2n) is 14.7. The van der Waals surface area contributed by atoms with E-state index in [9.17, 15) is 9.50 Å². The number of phenols is 1. The zero-order valence-electron chi connectivity index (χ0n) is 28.3. The fourth-order valence-corrected chi connectivity index (χ4v) is 8.31. The highest BCUT2D eigenvalue weighted by molar-refractivity contribution is 6.02. The Morgan fingerprint density at radius 1 is 0.979 bits per heavy atom. The van der Waals surface area contributed by atoms with Crippen molar-refractivity contribution in [1.29, 1.82) is 0 Å². The maximum absolute atomic E-state index is 16.9. The minimum Gasteiger partial charge on any atom is -0.508 e. The van der Waals surface area contributed by atoms with Crippen molar-refractivity contribution in [3.05, 3.63) is 47.2 Å². The minimum atomic E-state index is -0.611. The first-order chi connectivity index (χ1) is 23.3. The van der Waals surface area contributed by atoms with E-state index in [-0.39, 0.29) is 34.4 Å². The first-order valence-electron chi connectivity index (χ1n) is 18.0. The van der Waals surface area contributed by atoms with E-state index in [1.165, 1.54) is 50.9 Å². The van der Waals surface area contributed by atoms with E-state index in [4.69, 9.17) is 19.7 Å². The summed E-state index contributed by atoms with van der Waals surface area (Å²) in [4.78, 5) is 19.5. The standard InChI is InChI=1S/C36H40F2N6O2.C2H6/c1-21-26(37)4-2-22-16-24(45)17-25(28(21)22)31-30(38)32-29-27(40-31)5-3-23-18-39-12-15-44(23)33(29)42-34(41-32)46-20-36(8-9-36)19-43-13-10-35(6-7-35)11-14-43;1-2/h2,4,16-17,23,39,45H,3,5-15,18-20H2,1H3;1-2H3. The second kappa shape index (κ2) is 12.1. The van der Waals surface area contributed by atoms with E-state index in [2.05, 4.69) is 15.1 Å². The van der Waals surface area contributed by atoms with Gasteiger partial charge in [0.15, 0.2) is 5.82 Å². The van der Waals surface area contributed by atoms with Crippen LogP contribution < -0.4 is 15.0 Å². The van der Waals surface area contributed by atoms with Gasteiger partial charge in [0, 0.05) is 43.2 Å². The molecule has 2 aromatic carbocycles. The average molecular weight is 657 g/mol. The van der Waals surface area contributed by atoms with Gasteiger partial charge in [-0.25, -0.2) is 13.8 Å². The third-order valence-corrected chi connectivity index (χ3v) is 11.6. The summed E-state index contributed by atoms with van der Waals surface area (Å²) in [5.41, 5.74) is 2.41. The predicted molar refractivity (Wildman–Crippen MR) is 185 cm³/mol. The van der Waals surface area contributed by atoms with Crippen LogP contribution in [0.3, 0.4) is 0 Å². The number of aromatic nitrogens is 3. The van der Waals surface area contributed by atoms with Gasteiger partial charge in [-0.1, -0.05) is 19.9 Å². The number of anilines is 1. The van der Waals surface area contributed by atoms with Crippen molar-refractivity contribution < 1.29 is 18.6 Å². The molecule has 4 aromatic rings. The smallest absolute Gasteiger partial charge is 0.319 e. The molecule has 0 bridgehead atoms. The molecule has 2 aromatic heterocycles. The number of pyridine rings is 1. The normalized spacial score (nSPS) is 22.2. The van der Waals surface area contributed by atoms with E-state index in [1.807, 2.05) is 13.8 Å². The number of phenolic OH excluding ortho intramolecular Hbond substituents is 1. The summed E-state index contributed by atoms with van der Waals surface area (Å²) in [6, 6.07) is 6.39. The van der Waals surface area contributed by atoms with Gasteiger partial charge in [-0.2, -0.15) is 9.97 Å². The molecule has 48 heavy (non-hydrogen) atoms. The Bertz CT molecular complexity index is 1880. The van der Waals surface area contributed by atoms with Crippen LogP contribution in [0.15, 0.2) is 24.3 Å². The second-order valence-corrected chi connectivity index (χ2v) is 14.7. The summed E-state index contributed by atoms with van der Waals surface area (Å²) in [7, 11) is 0. The Labute approximate surface area is 280 Å². The molecule has 1 spiro atoms. The van der Waals surface area contributed by atoms with Crippen molar-refractivity contribution in [3.63, 3.8) is 0 Å². The summed E-state index contributed by atoms with van der Waals surface area (Å²) < 4.78 is 38.2. The third kappa shape index (κ3) is 5.54. The fourth-order valence-electron chi connectivity index (χ4n) is 8.31. The Balaban J connectivity index is 0.00000165. The number of likely N-dealkylation sites (tertiary alicyclic amines) is 1. The first kappa shape index (κ1) is 31.6. The molecule has 2 aliphatic carbocycles. The van der Waals surface area contributed by atoms with Gasteiger partial charge in [0.2, 0.25) is 0 Å². The molecule has 8 nitrogen and oxygen atoms in total. The van der Waals surface area contributed by atoms with Crippen molar-refractivity contribution >= 4 is 27.5 Å². The number of hydrogen-bond donors (Lipinski definition) is 2. The van der Waals surface area contributed by atoms with Gasteiger partial charge in [0.1, 0.15) is 28.6 Å². The number of piperidine rings is 1. The van der Waals surface area contributed by atoms with Crippen molar-refractivity contribution in [3.8, 4) is 23.0 Å². The Morgan fingerprint density at radius 3 is 2.52 bits per heavy atom. The van der Waals surface area contributed by atoms with Crippen LogP contribution in [0.1, 0.15) is 70.1 Å². The first-order valence-corrected chi connectivity index (χ1v) is 18.0. The number of nitrogens with zero attached hydrogens (tertiary/aromatic N) is 5. The number of ether oxygens (including phenoxy) is 1. The molecule has 1 atom stereocenters. The lowest BCUT2D eigenvalue weighted by atomic mass is 9.93. The number of hydrogen-bond acceptors (Lipinski definition) is 8. The minimum absolute atomic E-state index is 0.0352. The highest BCUT2D eigenvalue weighted by atomic mass is 19.1. The molecular weight excluding hydrogens is 610 g/mol. The zero-order valence-corrected chi connectivity index (χ0v) is 28.3. The fraction of sp³-hybridized carbons (Fsp3) is 0.553. The summed E-state index contributed by atoms with van der Waals surface area (Å²) in [6.45, 7) is 11.9. The van der Waals surface area contributed by atoms with Crippen LogP contribution in [-0.4, -0.2) is 76.9 Å². The Morgan fingerprint density at radius 2 is 1.77 bits per heavy atom. The van der Waals surface area contributed by atoms with E-state index in [0.29, 0.717) is 57.2 Å². The van der Waals surface area contributed by atoms with Gasteiger partial charge in [0.25, 0.3) is 0 Å². The molecule has 2 saturated heterocycles. The van der Waals surface area contributed by atoms with Crippen LogP contribution in [0.25, 0.3) is 32.9 Å². The summed E-state index contributed by atoms with van der Waals surface area (Å²) in [5.74, 6) is -0.364. The van der Waals surface area contributed by atoms with Crippen LogP contribution in [0.4, 0.5) is 14.6 Å². The average Bonchev–Trinajstić information content (AvgIpc) is 4.04. The van der Waals surface area contributed by atoms with E-state index in [1.54, 1.807) is 19.1 Å². The maximum Gasteiger partial charge on any atom is 0.319 e. The highest BCUT2D eigenvalue weighted by Crippen LogP contribution is 2.55. The third-order valence-electron chi connectivity index (χ3n) is 11.6. The van der Waals surface area contributed by atoms with E-state index >= 15 is 4.39 Å². The Hall–Kier alpha value is -3.63. The molecule has 4 fully saturated rings. The molecule has 1 unspecified atom stereocenters. The molecule has 10 heteroatoms. The molecule has 0 amide bonds. The van der Waals surface area contributed by atoms with Crippen LogP contribution in [0.2, 0.25) is 0 Å². The number of fused-ring (bicyclic) bond motifs is 3. The van der Waals surface area contributed by atoms with Crippen molar-refractivity contribution in [2.75, 3.05) is 50.8 Å². The predicted octanol–water partition coefficient (Wildman–Crippen LogP) is 6.92. The quantitative estimate of drug-likeness (QED) is 0.231. The largest absolute Gasteiger partial charge is 0.508 e. The molecule has 9 rings (SSSR count). The molecule has 2 saturated carbocycles. The molecule has 254 valence electrons. The van der Waals surface area contributed by atoms with Gasteiger partial charge in [0.05, 0.1) is 17.7 Å². The lowest BCUT2D eigenvalue weighted by Crippen LogP contribution is -2.51. The molecule has 0 radical (unpaired) electrons. The van der Waals surface area contributed by atoms with Crippen LogP contribution in [-0.2, 0) is 6.42 Å². The maximum atomic E-state index is 16.9. The van der Waals surface area contributed by atoms with Crippen LogP contribution in [0.5, 0.6) is 11.8 Å². The number of halogens is 2. The van der Waals surface area contributed by atoms with E-state index in [0.717, 1.165) is 45.4 Å². The number of aryl methyl sites for hydroxylation is 2. The molecule has 5 aliphatic rings. The number of aromatic hydroxyl groups is 1. The zero-order chi connectivity index (χ0) is 33.2. The van der Waals surface area contributed by atoms with Crippen LogP contribution in [0, 0.1) is 29.4 Å². The molecule has 2 N–H and O–H groups in total. The van der Waals surface area contributed by atoms with Crippen LogP contribution >= 0.6 is 0 Å².